The van der Waals surface area contributed by atoms with E-state index in [0.29, 0.717) is 17.5 Å². The second-order valence-corrected chi connectivity index (χ2v) is 13.0. The summed E-state index contributed by atoms with van der Waals surface area (Å²) in [5.41, 5.74) is 11.1. The van der Waals surface area contributed by atoms with Crippen LogP contribution >= 0.6 is 0 Å². The SMILES string of the molecule is Cc1ccc2c3ccccc3n(-c3ccc(-c4ccc5oc6ccccc6c5c4)cc3-c3nc(-c4ccccc4)nc(-c4ccccc4)n3)c2c1. The van der Waals surface area contributed by atoms with Gasteiger partial charge in [-0.05, 0) is 66.1 Å². The van der Waals surface area contributed by atoms with E-state index in [1.165, 1.54) is 16.3 Å². The molecule has 3 heterocycles. The number of hydrogen-bond donors (Lipinski definition) is 0. The van der Waals surface area contributed by atoms with Gasteiger partial charge in [-0.1, -0.05) is 121 Å². The molecule has 0 bridgehead atoms. The quantitative estimate of drug-likeness (QED) is 0.185. The first-order valence-corrected chi connectivity index (χ1v) is 17.1. The van der Waals surface area contributed by atoms with E-state index in [2.05, 4.69) is 102 Å². The maximum Gasteiger partial charge on any atom is 0.166 e. The molecule has 5 heteroatoms. The van der Waals surface area contributed by atoms with Gasteiger partial charge >= 0.3 is 0 Å². The summed E-state index contributed by atoms with van der Waals surface area (Å²) in [6.45, 7) is 2.14. The zero-order chi connectivity index (χ0) is 33.9. The van der Waals surface area contributed by atoms with E-state index in [9.17, 15) is 0 Å². The fraction of sp³-hybridized carbons (Fsp3) is 0.0217. The monoisotopic (exact) mass is 654 g/mol. The smallest absolute Gasteiger partial charge is 0.166 e. The largest absolute Gasteiger partial charge is 0.456 e. The number of hydrogen-bond acceptors (Lipinski definition) is 4. The van der Waals surface area contributed by atoms with E-state index in [1.54, 1.807) is 0 Å². The molecule has 10 aromatic rings. The molecule has 0 N–H and O–H groups in total. The van der Waals surface area contributed by atoms with Crippen molar-refractivity contribution in [2.75, 3.05) is 0 Å². The average molecular weight is 655 g/mol. The highest BCUT2D eigenvalue weighted by Crippen LogP contribution is 2.39. The van der Waals surface area contributed by atoms with E-state index in [-0.39, 0.29) is 0 Å². The first-order chi connectivity index (χ1) is 25.2. The van der Waals surface area contributed by atoms with Gasteiger partial charge in [0.15, 0.2) is 17.5 Å². The van der Waals surface area contributed by atoms with Crippen molar-refractivity contribution in [3.63, 3.8) is 0 Å². The molecule has 0 amide bonds. The van der Waals surface area contributed by atoms with E-state index < -0.39 is 0 Å². The van der Waals surface area contributed by atoms with Crippen LogP contribution in [0.15, 0.2) is 168 Å². The maximum atomic E-state index is 6.18. The maximum absolute atomic E-state index is 6.18. The second-order valence-electron chi connectivity index (χ2n) is 13.0. The van der Waals surface area contributed by atoms with Crippen molar-refractivity contribution in [2.24, 2.45) is 0 Å². The highest BCUT2D eigenvalue weighted by Gasteiger charge is 2.21. The standard InChI is InChI=1S/C46H30N4O/c1-29-20-23-35-34-16-8-10-18-39(34)50(41(35)26-29)40-24-21-32(33-22-25-43-37(27-33)36-17-9-11-19-42(36)51-43)28-38(40)46-48-44(30-12-4-2-5-13-30)47-45(49-46)31-14-6-3-7-15-31/h2-28H,1H3. The summed E-state index contributed by atoms with van der Waals surface area (Å²) in [7, 11) is 0. The van der Waals surface area contributed by atoms with Gasteiger partial charge in [0.25, 0.3) is 0 Å². The molecule has 0 fully saturated rings. The summed E-state index contributed by atoms with van der Waals surface area (Å²) >= 11 is 0. The van der Waals surface area contributed by atoms with Crippen LogP contribution in [0.5, 0.6) is 0 Å². The Morgan fingerprint density at radius 3 is 1.76 bits per heavy atom. The first-order valence-electron chi connectivity index (χ1n) is 17.1. The molecule has 51 heavy (non-hydrogen) atoms. The predicted molar refractivity (Wildman–Crippen MR) is 208 cm³/mol. The Morgan fingerprint density at radius 2 is 1.00 bits per heavy atom. The molecule has 0 spiro atoms. The highest BCUT2D eigenvalue weighted by molar-refractivity contribution is 6.10. The van der Waals surface area contributed by atoms with Crippen LogP contribution in [0.2, 0.25) is 0 Å². The third-order valence-corrected chi connectivity index (χ3v) is 9.72. The van der Waals surface area contributed by atoms with Crippen molar-refractivity contribution in [1.82, 2.24) is 19.5 Å². The topological polar surface area (TPSA) is 56.7 Å². The number of furan rings is 1. The number of aromatic nitrogens is 4. The molecular weight excluding hydrogens is 625 g/mol. The van der Waals surface area contributed by atoms with E-state index in [0.717, 1.165) is 66.5 Å². The molecule has 0 unspecified atom stereocenters. The molecule has 7 aromatic carbocycles. The lowest BCUT2D eigenvalue weighted by atomic mass is 9.99. The molecule has 3 aromatic heterocycles. The Morgan fingerprint density at radius 1 is 0.412 bits per heavy atom. The van der Waals surface area contributed by atoms with Crippen molar-refractivity contribution in [1.29, 1.82) is 0 Å². The van der Waals surface area contributed by atoms with Crippen LogP contribution in [-0.4, -0.2) is 19.5 Å². The molecule has 10 rings (SSSR count). The molecule has 0 saturated carbocycles. The highest BCUT2D eigenvalue weighted by atomic mass is 16.3. The Kier molecular flexibility index (Phi) is 6.64. The van der Waals surface area contributed by atoms with Crippen LogP contribution in [0.1, 0.15) is 5.56 Å². The first kappa shape index (κ1) is 29.1. The van der Waals surface area contributed by atoms with E-state index in [4.69, 9.17) is 19.4 Å². The fourth-order valence-corrected chi connectivity index (χ4v) is 7.26. The summed E-state index contributed by atoms with van der Waals surface area (Å²) in [5.74, 6) is 1.85. The van der Waals surface area contributed by atoms with Gasteiger partial charge in [-0.15, -0.1) is 0 Å². The molecule has 0 aliphatic carbocycles. The van der Waals surface area contributed by atoms with Crippen LogP contribution in [-0.2, 0) is 0 Å². The number of nitrogens with zero attached hydrogens (tertiary/aromatic N) is 4. The zero-order valence-corrected chi connectivity index (χ0v) is 27.8. The second kappa shape index (κ2) is 11.6. The minimum Gasteiger partial charge on any atom is -0.456 e. The Balaban J connectivity index is 1.28. The average Bonchev–Trinajstić information content (AvgIpc) is 3.73. The summed E-state index contributed by atoms with van der Waals surface area (Å²) in [6, 6.07) is 56.8. The minimum atomic E-state index is 0.605. The molecular formula is C46H30N4O. The Bertz CT molecular complexity index is 2870. The van der Waals surface area contributed by atoms with Gasteiger partial charge in [-0.25, -0.2) is 15.0 Å². The Hall–Kier alpha value is -6.85. The van der Waals surface area contributed by atoms with Crippen LogP contribution in [0.4, 0.5) is 0 Å². The number of rotatable bonds is 5. The van der Waals surface area contributed by atoms with Crippen LogP contribution < -0.4 is 0 Å². The summed E-state index contributed by atoms with van der Waals surface area (Å²) in [6.07, 6.45) is 0. The Labute approximate surface area is 294 Å². The normalized spacial score (nSPS) is 11.6. The summed E-state index contributed by atoms with van der Waals surface area (Å²) < 4.78 is 8.53. The third kappa shape index (κ3) is 4.90. The lowest BCUT2D eigenvalue weighted by molar-refractivity contribution is 0.669. The van der Waals surface area contributed by atoms with Crippen molar-refractivity contribution >= 4 is 43.7 Å². The lowest BCUT2D eigenvalue weighted by Gasteiger charge is -2.16. The summed E-state index contributed by atoms with van der Waals surface area (Å²) in [4.78, 5) is 15.4. The molecule has 0 aliphatic heterocycles. The van der Waals surface area contributed by atoms with Crippen LogP contribution in [0, 0.1) is 6.92 Å². The van der Waals surface area contributed by atoms with Crippen molar-refractivity contribution in [2.45, 2.75) is 6.92 Å². The molecule has 5 nitrogen and oxygen atoms in total. The number of aryl methyl sites for hydroxylation is 1. The van der Waals surface area contributed by atoms with Gasteiger partial charge in [-0.2, -0.15) is 0 Å². The van der Waals surface area contributed by atoms with E-state index >= 15 is 0 Å². The lowest BCUT2D eigenvalue weighted by Crippen LogP contribution is -2.04. The van der Waals surface area contributed by atoms with Gasteiger partial charge in [0.2, 0.25) is 0 Å². The minimum absolute atomic E-state index is 0.605. The molecule has 240 valence electrons. The van der Waals surface area contributed by atoms with E-state index in [1.807, 2.05) is 72.8 Å². The molecule has 0 radical (unpaired) electrons. The fourth-order valence-electron chi connectivity index (χ4n) is 7.26. The van der Waals surface area contributed by atoms with Crippen molar-refractivity contribution in [3.8, 4) is 51.0 Å². The van der Waals surface area contributed by atoms with Gasteiger partial charge in [0.1, 0.15) is 11.2 Å². The number of para-hydroxylation sites is 2. The number of benzene rings is 7. The van der Waals surface area contributed by atoms with Crippen molar-refractivity contribution in [3.05, 3.63) is 169 Å². The van der Waals surface area contributed by atoms with Gasteiger partial charge < -0.3 is 8.98 Å². The van der Waals surface area contributed by atoms with Crippen molar-refractivity contribution < 1.29 is 4.42 Å². The van der Waals surface area contributed by atoms with Crippen LogP contribution in [0.25, 0.3) is 94.7 Å². The molecule has 0 atom stereocenters. The third-order valence-electron chi connectivity index (χ3n) is 9.72. The summed E-state index contributed by atoms with van der Waals surface area (Å²) in [5, 5.41) is 4.59. The van der Waals surface area contributed by atoms with Gasteiger partial charge in [0.05, 0.1) is 16.7 Å². The zero-order valence-electron chi connectivity index (χ0n) is 27.8. The van der Waals surface area contributed by atoms with Gasteiger partial charge in [-0.3, -0.25) is 0 Å². The van der Waals surface area contributed by atoms with Gasteiger partial charge in [0, 0.05) is 38.2 Å². The molecule has 0 saturated heterocycles. The number of fused-ring (bicyclic) bond motifs is 6. The van der Waals surface area contributed by atoms with Crippen LogP contribution in [0.3, 0.4) is 0 Å². The molecule has 0 aliphatic rings. The predicted octanol–water partition coefficient (Wildman–Crippen LogP) is 11.8.